The maximum absolute atomic E-state index is 11.0. The number of aryl methyl sites for hydroxylation is 2. The van der Waals surface area contributed by atoms with E-state index in [0.717, 1.165) is 19.5 Å². The molecule has 0 aliphatic rings. The number of rotatable bonds is 6. The Hall–Kier alpha value is -2.76. The monoisotopic (exact) mass is 286 g/mol. The molecule has 2 aromatic heterocycles. The van der Waals surface area contributed by atoms with Crippen molar-refractivity contribution < 1.29 is 18.7 Å². The van der Waals surface area contributed by atoms with Crippen molar-refractivity contribution in [3.05, 3.63) is 60.2 Å². The van der Waals surface area contributed by atoms with Gasteiger partial charge in [0, 0.05) is 24.3 Å². The van der Waals surface area contributed by atoms with Gasteiger partial charge in [-0.1, -0.05) is 0 Å². The second-order valence-electron chi connectivity index (χ2n) is 4.73. The van der Waals surface area contributed by atoms with Crippen LogP contribution in [-0.2, 0) is 13.1 Å². The second-order valence-corrected chi connectivity index (χ2v) is 4.73. The standard InChI is InChI=1S/C15H16N4O2/c16-14(20)12-2-8-18(9-3-12)6-1-7-19-10-4-13(5-11-19)15(17)21/h2-5,8-11H,1,6-7H2,(H2-2,16,17,20,21)/p+2. The number of aromatic nitrogens is 2. The molecular formula is C15H18N4O2+2. The number of pyridine rings is 2. The maximum Gasteiger partial charge on any atom is 0.249 e. The third-order valence-electron chi connectivity index (χ3n) is 3.18. The molecule has 0 aliphatic carbocycles. The first-order chi connectivity index (χ1) is 10.1. The van der Waals surface area contributed by atoms with Gasteiger partial charge in [-0.05, 0) is 0 Å². The summed E-state index contributed by atoms with van der Waals surface area (Å²) in [5, 5.41) is 0. The van der Waals surface area contributed by atoms with E-state index in [-0.39, 0.29) is 0 Å². The van der Waals surface area contributed by atoms with E-state index in [1.807, 2.05) is 33.9 Å². The summed E-state index contributed by atoms with van der Waals surface area (Å²) in [6, 6.07) is 6.82. The van der Waals surface area contributed by atoms with E-state index in [9.17, 15) is 9.59 Å². The Morgan fingerprint density at radius 1 is 0.762 bits per heavy atom. The van der Waals surface area contributed by atoms with Gasteiger partial charge >= 0.3 is 0 Å². The van der Waals surface area contributed by atoms with E-state index in [0.29, 0.717) is 11.1 Å². The van der Waals surface area contributed by atoms with Gasteiger partial charge in [0.1, 0.15) is 0 Å². The normalized spacial score (nSPS) is 10.3. The molecule has 2 rings (SSSR count). The second kappa shape index (κ2) is 6.60. The van der Waals surface area contributed by atoms with Crippen LogP contribution in [0, 0.1) is 0 Å². The number of hydrogen-bond acceptors (Lipinski definition) is 2. The third-order valence-corrected chi connectivity index (χ3v) is 3.18. The molecule has 0 atom stereocenters. The van der Waals surface area contributed by atoms with Gasteiger partial charge in [0.05, 0.1) is 17.5 Å². The highest BCUT2D eigenvalue weighted by Crippen LogP contribution is 1.94. The highest BCUT2D eigenvalue weighted by molar-refractivity contribution is 5.92. The molecule has 6 heteroatoms. The van der Waals surface area contributed by atoms with E-state index >= 15 is 0 Å². The number of carbonyl (C=O) groups is 2. The van der Waals surface area contributed by atoms with Crippen molar-refractivity contribution in [1.29, 1.82) is 0 Å². The number of hydrogen-bond donors (Lipinski definition) is 2. The quantitative estimate of drug-likeness (QED) is 0.704. The Balaban J connectivity index is 1.86. The van der Waals surface area contributed by atoms with Crippen molar-refractivity contribution in [2.75, 3.05) is 0 Å². The fourth-order valence-electron chi connectivity index (χ4n) is 1.98. The summed E-state index contributed by atoms with van der Waals surface area (Å²) in [5.74, 6) is -0.848. The lowest BCUT2D eigenvalue weighted by molar-refractivity contribution is -0.726. The molecule has 0 fully saturated rings. The molecule has 0 spiro atoms. The minimum Gasteiger partial charge on any atom is -0.366 e. The van der Waals surface area contributed by atoms with Crippen LogP contribution in [0.4, 0.5) is 0 Å². The van der Waals surface area contributed by atoms with Gasteiger partial charge < -0.3 is 11.5 Å². The van der Waals surface area contributed by atoms with Gasteiger partial charge in [-0.3, -0.25) is 9.59 Å². The smallest absolute Gasteiger partial charge is 0.249 e. The van der Waals surface area contributed by atoms with Crippen molar-refractivity contribution in [3.63, 3.8) is 0 Å². The molecule has 4 N–H and O–H groups in total. The molecule has 6 nitrogen and oxygen atoms in total. The fraction of sp³-hybridized carbons (Fsp3) is 0.200. The number of nitrogens with zero attached hydrogens (tertiary/aromatic N) is 2. The molecule has 0 aliphatic heterocycles. The van der Waals surface area contributed by atoms with Crippen molar-refractivity contribution in [2.45, 2.75) is 19.5 Å². The lowest BCUT2D eigenvalue weighted by Crippen LogP contribution is -2.38. The Kier molecular flexibility index (Phi) is 4.61. The molecule has 108 valence electrons. The summed E-state index contributed by atoms with van der Waals surface area (Å²) in [4.78, 5) is 21.9. The van der Waals surface area contributed by atoms with Crippen molar-refractivity contribution in [3.8, 4) is 0 Å². The first-order valence-corrected chi connectivity index (χ1v) is 6.64. The average Bonchev–Trinajstić information content (AvgIpc) is 2.48. The Morgan fingerprint density at radius 2 is 1.10 bits per heavy atom. The topological polar surface area (TPSA) is 93.9 Å². The van der Waals surface area contributed by atoms with E-state index < -0.39 is 11.8 Å². The summed E-state index contributed by atoms with van der Waals surface area (Å²) in [5.41, 5.74) is 11.4. The Bertz CT molecular complexity index is 578. The largest absolute Gasteiger partial charge is 0.366 e. The SMILES string of the molecule is NC(=O)c1cc[n+](CCC[n+]2ccc(C(N)=O)cc2)cc1. The number of primary amides is 2. The molecular weight excluding hydrogens is 268 g/mol. The molecule has 0 radical (unpaired) electrons. The summed E-state index contributed by atoms with van der Waals surface area (Å²) >= 11 is 0. The van der Waals surface area contributed by atoms with Gasteiger partial charge in [-0.25, -0.2) is 9.13 Å². The van der Waals surface area contributed by atoms with Crippen LogP contribution < -0.4 is 20.6 Å². The van der Waals surface area contributed by atoms with E-state index in [4.69, 9.17) is 11.5 Å². The molecule has 2 heterocycles. The van der Waals surface area contributed by atoms with Crippen LogP contribution in [0.3, 0.4) is 0 Å². The van der Waals surface area contributed by atoms with Gasteiger partial charge in [0.2, 0.25) is 11.8 Å². The summed E-state index contributed by atoms with van der Waals surface area (Å²) < 4.78 is 3.98. The van der Waals surface area contributed by atoms with Crippen LogP contribution in [0.5, 0.6) is 0 Å². The number of nitrogens with two attached hydrogens (primary N) is 2. The predicted octanol–water partition coefficient (Wildman–Crippen LogP) is -0.450. The first-order valence-electron chi connectivity index (χ1n) is 6.64. The van der Waals surface area contributed by atoms with Crippen molar-refractivity contribution in [2.24, 2.45) is 11.5 Å². The van der Waals surface area contributed by atoms with Gasteiger partial charge in [0.25, 0.3) is 0 Å². The molecule has 0 unspecified atom stereocenters. The summed E-state index contributed by atoms with van der Waals surface area (Å²) in [6.45, 7) is 1.65. The predicted molar refractivity (Wildman–Crippen MR) is 74.9 cm³/mol. The molecule has 0 saturated heterocycles. The van der Waals surface area contributed by atoms with Gasteiger partial charge in [0.15, 0.2) is 37.9 Å². The van der Waals surface area contributed by atoms with Crippen LogP contribution in [0.2, 0.25) is 0 Å². The zero-order valence-electron chi connectivity index (χ0n) is 11.6. The minimum atomic E-state index is -0.424. The summed E-state index contributed by atoms with van der Waals surface area (Å²) in [7, 11) is 0. The summed E-state index contributed by atoms with van der Waals surface area (Å²) in [6.07, 6.45) is 8.25. The Labute approximate surface area is 122 Å². The van der Waals surface area contributed by atoms with Crippen LogP contribution in [0.25, 0.3) is 0 Å². The minimum absolute atomic E-state index is 0.424. The van der Waals surface area contributed by atoms with Crippen molar-refractivity contribution in [1.82, 2.24) is 0 Å². The van der Waals surface area contributed by atoms with E-state index in [2.05, 4.69) is 0 Å². The molecule has 0 bridgehead atoms. The maximum atomic E-state index is 11.0. The molecule has 21 heavy (non-hydrogen) atoms. The zero-order valence-corrected chi connectivity index (χ0v) is 11.6. The van der Waals surface area contributed by atoms with Crippen LogP contribution in [-0.4, -0.2) is 11.8 Å². The molecule has 2 amide bonds. The number of amides is 2. The van der Waals surface area contributed by atoms with Crippen LogP contribution >= 0.6 is 0 Å². The van der Waals surface area contributed by atoms with Crippen LogP contribution in [0.1, 0.15) is 27.1 Å². The van der Waals surface area contributed by atoms with Gasteiger partial charge in [-0.15, -0.1) is 0 Å². The Morgan fingerprint density at radius 3 is 1.38 bits per heavy atom. The molecule has 0 saturated carbocycles. The van der Waals surface area contributed by atoms with E-state index in [1.165, 1.54) is 0 Å². The highest BCUT2D eigenvalue weighted by Gasteiger charge is 2.08. The molecule has 0 aromatic carbocycles. The number of carbonyl (C=O) groups excluding carboxylic acids is 2. The zero-order chi connectivity index (χ0) is 15.2. The lowest BCUT2D eigenvalue weighted by atomic mass is 10.2. The third kappa shape index (κ3) is 4.10. The van der Waals surface area contributed by atoms with E-state index in [1.54, 1.807) is 24.3 Å². The highest BCUT2D eigenvalue weighted by atomic mass is 16.1. The molecule has 2 aromatic rings. The lowest BCUT2D eigenvalue weighted by Gasteiger charge is -1.98. The van der Waals surface area contributed by atoms with Gasteiger partial charge in [-0.2, -0.15) is 0 Å². The first kappa shape index (κ1) is 14.6. The van der Waals surface area contributed by atoms with Crippen molar-refractivity contribution >= 4 is 11.8 Å². The van der Waals surface area contributed by atoms with Crippen LogP contribution in [0.15, 0.2) is 49.1 Å². The average molecular weight is 286 g/mol. The fourth-order valence-corrected chi connectivity index (χ4v) is 1.98.